The largest absolute Gasteiger partial charge is 0.465 e. The molecular formula is C10H11ClO3S. The molecule has 0 amide bonds. The SMILES string of the molecule is CCOC(=O)CS(=O)c1ccc(Cl)cc1. The summed E-state index contributed by atoms with van der Waals surface area (Å²) in [6.45, 7) is 2.01. The lowest BCUT2D eigenvalue weighted by molar-refractivity contribution is -0.139. The van der Waals surface area contributed by atoms with Gasteiger partial charge >= 0.3 is 5.97 Å². The maximum atomic E-state index is 11.6. The summed E-state index contributed by atoms with van der Waals surface area (Å²) in [6.07, 6.45) is 0. The minimum atomic E-state index is -1.36. The van der Waals surface area contributed by atoms with Crippen LogP contribution in [-0.2, 0) is 20.3 Å². The number of hydrogen-bond donors (Lipinski definition) is 0. The molecule has 0 aliphatic heterocycles. The van der Waals surface area contributed by atoms with E-state index in [1.807, 2.05) is 0 Å². The highest BCUT2D eigenvalue weighted by Gasteiger charge is 2.10. The highest BCUT2D eigenvalue weighted by Crippen LogP contribution is 2.12. The van der Waals surface area contributed by atoms with Crippen molar-refractivity contribution in [1.82, 2.24) is 0 Å². The molecule has 0 saturated carbocycles. The Morgan fingerprint density at radius 1 is 1.40 bits per heavy atom. The van der Waals surface area contributed by atoms with Crippen LogP contribution in [0.3, 0.4) is 0 Å². The monoisotopic (exact) mass is 246 g/mol. The van der Waals surface area contributed by atoms with Crippen LogP contribution in [-0.4, -0.2) is 22.5 Å². The Labute approximate surface area is 95.8 Å². The van der Waals surface area contributed by atoms with Crippen LogP contribution in [0.2, 0.25) is 5.02 Å². The van der Waals surface area contributed by atoms with Crippen molar-refractivity contribution in [3.8, 4) is 0 Å². The number of esters is 1. The van der Waals surface area contributed by atoms with Crippen molar-refractivity contribution in [2.45, 2.75) is 11.8 Å². The van der Waals surface area contributed by atoms with Gasteiger partial charge in [0.2, 0.25) is 0 Å². The smallest absolute Gasteiger partial charge is 0.318 e. The second kappa shape index (κ2) is 5.88. The highest BCUT2D eigenvalue weighted by molar-refractivity contribution is 7.85. The average Bonchev–Trinajstić information content (AvgIpc) is 2.18. The zero-order chi connectivity index (χ0) is 11.3. The summed E-state index contributed by atoms with van der Waals surface area (Å²) in [7, 11) is -1.36. The van der Waals surface area contributed by atoms with Gasteiger partial charge in [-0.2, -0.15) is 0 Å². The molecule has 0 heterocycles. The Balaban J connectivity index is 2.61. The third kappa shape index (κ3) is 4.01. The molecule has 1 unspecified atom stereocenters. The molecule has 0 aliphatic carbocycles. The second-order valence-electron chi connectivity index (χ2n) is 2.75. The number of ether oxygens (including phenoxy) is 1. The second-order valence-corrected chi connectivity index (χ2v) is 4.64. The fraction of sp³-hybridized carbons (Fsp3) is 0.300. The number of carbonyl (C=O) groups excluding carboxylic acids is 1. The van der Waals surface area contributed by atoms with E-state index in [1.54, 1.807) is 31.2 Å². The number of halogens is 1. The van der Waals surface area contributed by atoms with Crippen LogP contribution in [0.25, 0.3) is 0 Å². The molecule has 5 heteroatoms. The average molecular weight is 247 g/mol. The van der Waals surface area contributed by atoms with Crippen LogP contribution in [0, 0.1) is 0 Å². The van der Waals surface area contributed by atoms with Gasteiger partial charge in [0.1, 0.15) is 5.75 Å². The van der Waals surface area contributed by atoms with Gasteiger partial charge in [-0.25, -0.2) is 0 Å². The van der Waals surface area contributed by atoms with E-state index in [9.17, 15) is 9.00 Å². The van der Waals surface area contributed by atoms with Crippen LogP contribution < -0.4 is 0 Å². The van der Waals surface area contributed by atoms with E-state index < -0.39 is 16.8 Å². The normalized spacial score (nSPS) is 12.1. The summed E-state index contributed by atoms with van der Waals surface area (Å²) in [5, 5.41) is 0.576. The van der Waals surface area contributed by atoms with Crippen molar-refractivity contribution in [2.24, 2.45) is 0 Å². The molecular weight excluding hydrogens is 236 g/mol. The molecule has 0 saturated heterocycles. The lowest BCUT2D eigenvalue weighted by Crippen LogP contribution is -2.13. The van der Waals surface area contributed by atoms with E-state index in [-0.39, 0.29) is 5.75 Å². The predicted molar refractivity (Wildman–Crippen MR) is 59.4 cm³/mol. The molecule has 1 rings (SSSR count). The summed E-state index contributed by atoms with van der Waals surface area (Å²) in [6, 6.07) is 6.55. The fourth-order valence-corrected chi connectivity index (χ4v) is 2.01. The maximum absolute atomic E-state index is 11.6. The quantitative estimate of drug-likeness (QED) is 0.764. The van der Waals surface area contributed by atoms with Crippen LogP contribution in [0.4, 0.5) is 0 Å². The molecule has 1 aromatic rings. The summed E-state index contributed by atoms with van der Waals surface area (Å²) >= 11 is 5.68. The van der Waals surface area contributed by atoms with Gasteiger partial charge in [-0.3, -0.25) is 9.00 Å². The fourth-order valence-electron chi connectivity index (χ4n) is 0.979. The minimum Gasteiger partial charge on any atom is -0.465 e. The molecule has 0 N–H and O–H groups in total. The van der Waals surface area contributed by atoms with Crippen molar-refractivity contribution >= 4 is 28.4 Å². The number of rotatable bonds is 4. The summed E-state index contributed by atoms with van der Waals surface area (Å²) in [4.78, 5) is 11.6. The number of carbonyl (C=O) groups is 1. The third-order valence-corrected chi connectivity index (χ3v) is 3.18. The predicted octanol–water partition coefficient (Wildman–Crippen LogP) is 2.01. The van der Waals surface area contributed by atoms with Gasteiger partial charge < -0.3 is 4.74 Å². The van der Waals surface area contributed by atoms with E-state index in [0.29, 0.717) is 16.5 Å². The maximum Gasteiger partial charge on any atom is 0.318 e. The van der Waals surface area contributed by atoms with Gasteiger partial charge in [-0.15, -0.1) is 0 Å². The Bertz CT molecular complexity index is 361. The lowest BCUT2D eigenvalue weighted by atomic mass is 10.4. The molecule has 1 atom stereocenters. The van der Waals surface area contributed by atoms with Gasteiger partial charge in [-0.05, 0) is 31.2 Å². The van der Waals surface area contributed by atoms with Gasteiger partial charge in [0, 0.05) is 9.92 Å². The minimum absolute atomic E-state index is 0.116. The molecule has 0 radical (unpaired) electrons. The number of benzene rings is 1. The molecule has 0 spiro atoms. The van der Waals surface area contributed by atoms with Crippen LogP contribution in [0.15, 0.2) is 29.2 Å². The van der Waals surface area contributed by atoms with Gasteiger partial charge in [-0.1, -0.05) is 11.6 Å². The van der Waals surface area contributed by atoms with Crippen molar-refractivity contribution < 1.29 is 13.7 Å². The standard InChI is InChI=1S/C10H11ClO3S/c1-2-14-10(12)7-15(13)9-5-3-8(11)4-6-9/h3-6H,2,7H2,1H3. The van der Waals surface area contributed by atoms with E-state index in [4.69, 9.17) is 16.3 Å². The summed E-state index contributed by atoms with van der Waals surface area (Å²) < 4.78 is 16.3. The molecule has 15 heavy (non-hydrogen) atoms. The zero-order valence-corrected chi connectivity index (χ0v) is 9.81. The highest BCUT2D eigenvalue weighted by atomic mass is 35.5. The van der Waals surface area contributed by atoms with E-state index >= 15 is 0 Å². The van der Waals surface area contributed by atoms with Gasteiger partial charge in [0.15, 0.2) is 0 Å². The molecule has 3 nitrogen and oxygen atoms in total. The Kier molecular flexibility index (Phi) is 4.78. The first kappa shape index (κ1) is 12.2. The van der Waals surface area contributed by atoms with E-state index in [2.05, 4.69) is 0 Å². The number of hydrogen-bond acceptors (Lipinski definition) is 3. The third-order valence-electron chi connectivity index (χ3n) is 1.63. The van der Waals surface area contributed by atoms with Crippen molar-refractivity contribution in [2.75, 3.05) is 12.4 Å². The Morgan fingerprint density at radius 3 is 2.53 bits per heavy atom. The lowest BCUT2D eigenvalue weighted by Gasteiger charge is -2.02. The first-order chi connectivity index (χ1) is 7.13. The van der Waals surface area contributed by atoms with Gasteiger partial charge in [0.05, 0.1) is 17.4 Å². The zero-order valence-electron chi connectivity index (χ0n) is 8.23. The molecule has 0 aliphatic rings. The summed E-state index contributed by atoms with van der Waals surface area (Å²) in [5.74, 6) is -0.569. The van der Waals surface area contributed by atoms with Crippen LogP contribution >= 0.6 is 11.6 Å². The molecule has 1 aromatic carbocycles. The molecule has 0 fully saturated rings. The Hall–Kier alpha value is -0.870. The molecule has 82 valence electrons. The van der Waals surface area contributed by atoms with E-state index in [0.717, 1.165) is 0 Å². The topological polar surface area (TPSA) is 43.4 Å². The van der Waals surface area contributed by atoms with Crippen LogP contribution in [0.1, 0.15) is 6.92 Å². The molecule has 0 aromatic heterocycles. The summed E-state index contributed by atoms with van der Waals surface area (Å²) in [5.41, 5.74) is 0. The van der Waals surface area contributed by atoms with Crippen molar-refractivity contribution in [1.29, 1.82) is 0 Å². The molecule has 0 bridgehead atoms. The van der Waals surface area contributed by atoms with E-state index in [1.165, 1.54) is 0 Å². The first-order valence-corrected chi connectivity index (χ1v) is 6.12. The Morgan fingerprint density at radius 2 is 2.00 bits per heavy atom. The first-order valence-electron chi connectivity index (χ1n) is 4.43. The van der Waals surface area contributed by atoms with Gasteiger partial charge in [0.25, 0.3) is 0 Å². The van der Waals surface area contributed by atoms with Crippen molar-refractivity contribution in [3.63, 3.8) is 0 Å². The van der Waals surface area contributed by atoms with Crippen molar-refractivity contribution in [3.05, 3.63) is 29.3 Å². The van der Waals surface area contributed by atoms with Crippen LogP contribution in [0.5, 0.6) is 0 Å².